The molecule has 0 unspecified atom stereocenters. The number of hydrogen-bond acceptors (Lipinski definition) is 3. The van der Waals surface area contributed by atoms with Crippen LogP contribution in [0.15, 0.2) is 29.3 Å². The normalized spacial score (nSPS) is 11.9. The molecule has 0 fully saturated rings. The predicted octanol–water partition coefficient (Wildman–Crippen LogP) is 8.14. The molecule has 182 valence electrons. The Kier molecular flexibility index (Phi) is 14.8. The van der Waals surface area contributed by atoms with Crippen molar-refractivity contribution in [1.82, 2.24) is 4.57 Å². The summed E-state index contributed by atoms with van der Waals surface area (Å²) in [5, 5.41) is 0. The molecule has 0 atom stereocenters. The van der Waals surface area contributed by atoms with Gasteiger partial charge in [-0.2, -0.15) is 0 Å². The largest absolute Gasteiger partial charge is 0.420 e. The van der Waals surface area contributed by atoms with Gasteiger partial charge >= 0.3 is 5.97 Å². The summed E-state index contributed by atoms with van der Waals surface area (Å²) < 4.78 is 7.05. The standard InChI is InChI=1S/C28H47NO3/c1-5-6-7-8-9-10-11-12-13-14-15-16-17-18-19-20-22-29-23-21-25(30)26(24-29)32-27(31)28(2,3)4/h20-24H,5-19H2,1-4H3. The Hall–Kier alpha value is -1.84. The zero-order valence-corrected chi connectivity index (χ0v) is 21.2. The summed E-state index contributed by atoms with van der Waals surface area (Å²) in [6.07, 6.45) is 27.5. The Morgan fingerprint density at radius 2 is 1.38 bits per heavy atom. The maximum absolute atomic E-state index is 12.0. The first-order chi connectivity index (χ1) is 15.3. The molecule has 32 heavy (non-hydrogen) atoms. The van der Waals surface area contributed by atoms with Crippen LogP contribution in [0.1, 0.15) is 124 Å². The first kappa shape index (κ1) is 28.2. The van der Waals surface area contributed by atoms with Gasteiger partial charge in [0.05, 0.1) is 11.6 Å². The average molecular weight is 446 g/mol. The van der Waals surface area contributed by atoms with Crippen molar-refractivity contribution in [3.8, 4) is 5.75 Å². The molecule has 1 aromatic rings. The average Bonchev–Trinajstić information content (AvgIpc) is 2.74. The summed E-state index contributed by atoms with van der Waals surface area (Å²) in [7, 11) is 0. The van der Waals surface area contributed by atoms with E-state index in [1.807, 2.05) is 6.20 Å². The van der Waals surface area contributed by atoms with E-state index >= 15 is 0 Å². The van der Waals surface area contributed by atoms with Crippen LogP contribution in [0.25, 0.3) is 6.20 Å². The second-order valence-electron chi connectivity index (χ2n) is 10.0. The number of allylic oxidation sites excluding steroid dienone is 1. The number of unbranched alkanes of at least 4 members (excludes halogenated alkanes) is 14. The third kappa shape index (κ3) is 13.5. The van der Waals surface area contributed by atoms with Crippen LogP contribution >= 0.6 is 0 Å². The van der Waals surface area contributed by atoms with E-state index in [1.54, 1.807) is 37.7 Å². The second-order valence-corrected chi connectivity index (χ2v) is 10.0. The van der Waals surface area contributed by atoms with Crippen LogP contribution in [0.5, 0.6) is 5.75 Å². The first-order valence-corrected chi connectivity index (χ1v) is 13.0. The van der Waals surface area contributed by atoms with Crippen molar-refractivity contribution in [3.63, 3.8) is 0 Å². The second kappa shape index (κ2) is 16.7. The number of nitrogens with zero attached hydrogens (tertiary/aromatic N) is 1. The number of pyridine rings is 1. The van der Waals surface area contributed by atoms with Gasteiger partial charge in [-0.25, -0.2) is 0 Å². The Balaban J connectivity index is 2.10. The van der Waals surface area contributed by atoms with Crippen molar-refractivity contribution >= 4 is 12.2 Å². The fourth-order valence-corrected chi connectivity index (χ4v) is 3.55. The van der Waals surface area contributed by atoms with Gasteiger partial charge in [-0.15, -0.1) is 0 Å². The zero-order valence-electron chi connectivity index (χ0n) is 21.2. The molecule has 0 aliphatic heterocycles. The minimum atomic E-state index is -0.642. The molecule has 0 bridgehead atoms. The molecule has 0 saturated heterocycles. The van der Waals surface area contributed by atoms with Crippen molar-refractivity contribution in [1.29, 1.82) is 0 Å². The van der Waals surface area contributed by atoms with Gasteiger partial charge in [0.25, 0.3) is 0 Å². The number of rotatable bonds is 17. The lowest BCUT2D eigenvalue weighted by Gasteiger charge is -2.16. The fraction of sp³-hybridized carbons (Fsp3) is 0.714. The lowest BCUT2D eigenvalue weighted by atomic mass is 9.97. The van der Waals surface area contributed by atoms with Crippen molar-refractivity contribution in [2.75, 3.05) is 0 Å². The highest BCUT2D eigenvalue weighted by atomic mass is 16.5. The van der Waals surface area contributed by atoms with Crippen molar-refractivity contribution in [2.24, 2.45) is 5.41 Å². The van der Waals surface area contributed by atoms with Gasteiger partial charge in [-0.1, -0.05) is 96.5 Å². The molecule has 4 nitrogen and oxygen atoms in total. The molecular weight excluding hydrogens is 398 g/mol. The Labute approximate surface area is 196 Å². The molecule has 0 saturated carbocycles. The number of carbonyl (C=O) groups is 1. The highest BCUT2D eigenvalue weighted by Crippen LogP contribution is 2.17. The number of ether oxygens (including phenoxy) is 1. The quantitative estimate of drug-likeness (QED) is 0.179. The molecule has 1 rings (SSSR count). The maximum atomic E-state index is 12.0. The minimum absolute atomic E-state index is 0.0774. The van der Waals surface area contributed by atoms with Gasteiger partial charge in [0.15, 0.2) is 5.75 Å². The number of esters is 1. The molecule has 0 aliphatic carbocycles. The number of aromatic nitrogens is 1. The van der Waals surface area contributed by atoms with Gasteiger partial charge in [0.2, 0.25) is 5.43 Å². The maximum Gasteiger partial charge on any atom is 0.316 e. The van der Waals surface area contributed by atoms with Gasteiger partial charge < -0.3 is 9.30 Å². The van der Waals surface area contributed by atoms with E-state index in [9.17, 15) is 9.59 Å². The summed E-state index contributed by atoms with van der Waals surface area (Å²) in [4.78, 5) is 24.0. The molecular formula is C28H47NO3. The summed E-state index contributed by atoms with van der Waals surface area (Å²) in [6.45, 7) is 7.59. The molecule has 0 radical (unpaired) electrons. The molecule has 0 spiro atoms. The van der Waals surface area contributed by atoms with E-state index in [0.717, 1.165) is 6.42 Å². The zero-order chi connectivity index (χ0) is 23.7. The highest BCUT2D eigenvalue weighted by molar-refractivity contribution is 5.77. The minimum Gasteiger partial charge on any atom is -0.420 e. The van der Waals surface area contributed by atoms with Gasteiger partial charge in [-0.05, 0) is 33.6 Å². The molecule has 0 amide bonds. The van der Waals surface area contributed by atoms with Crippen molar-refractivity contribution < 1.29 is 9.53 Å². The predicted molar refractivity (Wildman–Crippen MR) is 136 cm³/mol. The summed E-state index contributed by atoms with van der Waals surface area (Å²) in [5.41, 5.74) is -0.921. The lowest BCUT2D eigenvalue weighted by molar-refractivity contribution is -0.143. The molecule has 0 aliphatic rings. The van der Waals surface area contributed by atoms with Gasteiger partial charge in [-0.3, -0.25) is 9.59 Å². The smallest absolute Gasteiger partial charge is 0.316 e. The SMILES string of the molecule is CCCCCCCCCCCCCCCCC=Cn1ccc(=O)c(OC(=O)C(C)(C)C)c1. The summed E-state index contributed by atoms with van der Waals surface area (Å²) in [5.74, 6) is -0.327. The summed E-state index contributed by atoms with van der Waals surface area (Å²) >= 11 is 0. The molecule has 0 N–H and O–H groups in total. The van der Waals surface area contributed by atoms with E-state index in [4.69, 9.17) is 4.74 Å². The Bertz CT molecular complexity index is 712. The van der Waals surface area contributed by atoms with Crippen molar-refractivity contribution in [3.05, 3.63) is 34.8 Å². The van der Waals surface area contributed by atoms with Crippen LogP contribution in [0.3, 0.4) is 0 Å². The fourth-order valence-electron chi connectivity index (χ4n) is 3.55. The number of carbonyl (C=O) groups excluding carboxylic acids is 1. The van der Waals surface area contributed by atoms with E-state index in [1.165, 1.54) is 96.0 Å². The van der Waals surface area contributed by atoms with E-state index in [2.05, 4.69) is 13.0 Å². The van der Waals surface area contributed by atoms with Crippen molar-refractivity contribution in [2.45, 2.75) is 124 Å². The molecule has 4 heteroatoms. The third-order valence-corrected chi connectivity index (χ3v) is 5.72. The Morgan fingerprint density at radius 1 is 0.875 bits per heavy atom. The highest BCUT2D eigenvalue weighted by Gasteiger charge is 2.24. The molecule has 1 aromatic heterocycles. The number of hydrogen-bond donors (Lipinski definition) is 0. The van der Waals surface area contributed by atoms with Gasteiger partial charge in [0.1, 0.15) is 0 Å². The molecule has 0 aromatic carbocycles. The topological polar surface area (TPSA) is 48.3 Å². The van der Waals surface area contributed by atoms with Crippen LogP contribution in [0, 0.1) is 5.41 Å². The lowest BCUT2D eigenvalue weighted by Crippen LogP contribution is -2.27. The van der Waals surface area contributed by atoms with Crippen LogP contribution in [0.2, 0.25) is 0 Å². The van der Waals surface area contributed by atoms with Crippen LogP contribution in [0.4, 0.5) is 0 Å². The van der Waals surface area contributed by atoms with E-state index in [-0.39, 0.29) is 11.2 Å². The van der Waals surface area contributed by atoms with Crippen LogP contribution in [-0.4, -0.2) is 10.5 Å². The van der Waals surface area contributed by atoms with E-state index in [0.29, 0.717) is 0 Å². The van der Waals surface area contributed by atoms with Gasteiger partial charge in [0, 0.05) is 18.5 Å². The van der Waals surface area contributed by atoms with Crippen LogP contribution < -0.4 is 10.2 Å². The first-order valence-electron chi connectivity index (χ1n) is 13.0. The van der Waals surface area contributed by atoms with Crippen LogP contribution in [-0.2, 0) is 4.79 Å². The van der Waals surface area contributed by atoms with E-state index < -0.39 is 11.4 Å². The monoisotopic (exact) mass is 445 g/mol. The summed E-state index contributed by atoms with van der Waals surface area (Å²) in [6, 6.07) is 1.43. The Morgan fingerprint density at radius 3 is 1.88 bits per heavy atom. The third-order valence-electron chi connectivity index (χ3n) is 5.72. The molecule has 1 heterocycles.